The lowest BCUT2D eigenvalue weighted by Gasteiger charge is -2.34. The second kappa shape index (κ2) is 11.8. The van der Waals surface area contributed by atoms with E-state index in [0.717, 1.165) is 106 Å². The van der Waals surface area contributed by atoms with Gasteiger partial charge < -0.3 is 22.9 Å². The Hall–Kier alpha value is -7.96. The van der Waals surface area contributed by atoms with Crippen molar-refractivity contribution >= 4 is 83.4 Å². The van der Waals surface area contributed by atoms with Crippen molar-refractivity contribution in [1.29, 1.82) is 0 Å². The van der Waals surface area contributed by atoms with Gasteiger partial charge in [0.25, 0.3) is 0 Å². The fourth-order valence-electron chi connectivity index (χ4n) is 10.3. The maximum atomic E-state index is 7.24. The van der Waals surface area contributed by atoms with Gasteiger partial charge in [-0.15, -0.1) is 0 Å². The van der Waals surface area contributed by atoms with Crippen LogP contribution < -0.4 is 20.3 Å². The van der Waals surface area contributed by atoms with Gasteiger partial charge >= 0.3 is 6.92 Å². The Morgan fingerprint density at radius 2 is 0.900 bits per heavy atom. The van der Waals surface area contributed by atoms with Crippen LogP contribution >= 0.6 is 0 Å². The number of benzene rings is 9. The molecule has 9 aromatic carbocycles. The molecule has 2 aliphatic heterocycles. The number of hydrogen-bond acceptors (Lipinski definition) is 3. The molecular formula is C54H31BN2O3. The quantitative estimate of drug-likeness (QED) is 0.168. The van der Waals surface area contributed by atoms with Crippen molar-refractivity contribution in [1.82, 2.24) is 9.13 Å². The fraction of sp³-hybridized carbons (Fsp3) is 0. The van der Waals surface area contributed by atoms with Gasteiger partial charge in [0.2, 0.25) is 0 Å². The molecular weight excluding hydrogens is 735 g/mol. The zero-order chi connectivity index (χ0) is 39.1. The molecule has 0 aliphatic carbocycles. The zero-order valence-corrected chi connectivity index (χ0v) is 32.1. The highest BCUT2D eigenvalue weighted by Crippen LogP contribution is 2.46. The van der Waals surface area contributed by atoms with E-state index >= 15 is 0 Å². The van der Waals surface area contributed by atoms with E-state index in [1.54, 1.807) is 0 Å². The number of fused-ring (bicyclic) bond motifs is 13. The minimum atomic E-state index is -0.355. The van der Waals surface area contributed by atoms with Gasteiger partial charge in [-0.25, -0.2) is 0 Å². The van der Waals surface area contributed by atoms with Crippen molar-refractivity contribution in [3.05, 3.63) is 188 Å². The summed E-state index contributed by atoms with van der Waals surface area (Å²) in [6.45, 7) is -0.355. The molecule has 5 nitrogen and oxygen atoms in total. The molecule has 12 aromatic rings. The van der Waals surface area contributed by atoms with Gasteiger partial charge in [0.15, 0.2) is 5.58 Å². The Morgan fingerprint density at radius 1 is 0.383 bits per heavy atom. The van der Waals surface area contributed by atoms with Crippen LogP contribution in [0.2, 0.25) is 0 Å². The van der Waals surface area contributed by atoms with Crippen LogP contribution in [-0.4, -0.2) is 16.0 Å². The summed E-state index contributed by atoms with van der Waals surface area (Å²) in [5, 5.41) is 6.98. The normalized spacial score (nSPS) is 12.9. The van der Waals surface area contributed by atoms with Gasteiger partial charge in [-0.3, -0.25) is 0 Å². The molecule has 0 N–H and O–H groups in total. The molecule has 0 saturated carbocycles. The smallest absolute Gasteiger partial charge is 0.434 e. The van der Waals surface area contributed by atoms with Gasteiger partial charge in [-0.2, -0.15) is 0 Å². The number of aromatic nitrogens is 2. The van der Waals surface area contributed by atoms with E-state index in [0.29, 0.717) is 0 Å². The minimum Gasteiger partial charge on any atom is -0.551 e. The summed E-state index contributed by atoms with van der Waals surface area (Å²) in [4.78, 5) is 0. The minimum absolute atomic E-state index is 0.355. The number of nitrogens with zero attached hydrogens (tertiary/aromatic N) is 2. The summed E-state index contributed by atoms with van der Waals surface area (Å²) in [5.74, 6) is 2.43. The maximum Gasteiger partial charge on any atom is 0.434 e. The van der Waals surface area contributed by atoms with Crippen molar-refractivity contribution in [2.45, 2.75) is 0 Å². The maximum absolute atomic E-state index is 7.24. The van der Waals surface area contributed by atoms with E-state index < -0.39 is 0 Å². The first kappa shape index (κ1) is 32.1. The molecule has 5 heterocycles. The molecule has 6 heteroatoms. The van der Waals surface area contributed by atoms with E-state index in [1.165, 1.54) is 21.5 Å². The first-order valence-corrected chi connectivity index (χ1v) is 20.4. The first-order valence-electron chi connectivity index (χ1n) is 20.4. The van der Waals surface area contributed by atoms with Crippen molar-refractivity contribution in [2.75, 3.05) is 0 Å². The molecule has 14 rings (SSSR count). The highest BCUT2D eigenvalue weighted by atomic mass is 16.5. The molecule has 0 fully saturated rings. The van der Waals surface area contributed by atoms with Crippen LogP contribution in [0.3, 0.4) is 0 Å². The van der Waals surface area contributed by atoms with Crippen LogP contribution in [0, 0.1) is 0 Å². The van der Waals surface area contributed by atoms with Crippen LogP contribution in [0.4, 0.5) is 0 Å². The summed E-state index contributed by atoms with van der Waals surface area (Å²) in [6, 6.07) is 66.7. The third-order valence-corrected chi connectivity index (χ3v) is 12.8. The molecule has 0 spiro atoms. The van der Waals surface area contributed by atoms with Crippen LogP contribution in [0.5, 0.6) is 17.2 Å². The molecule has 0 radical (unpaired) electrons. The van der Waals surface area contributed by atoms with Crippen LogP contribution in [0.25, 0.3) is 99.2 Å². The second-order valence-corrected chi connectivity index (χ2v) is 15.9. The van der Waals surface area contributed by atoms with Gasteiger partial charge in [0.1, 0.15) is 22.8 Å². The van der Waals surface area contributed by atoms with Gasteiger partial charge in [-0.05, 0) is 65.7 Å². The number of rotatable bonds is 3. The number of para-hydroxylation sites is 8. The predicted molar refractivity (Wildman–Crippen MR) is 245 cm³/mol. The lowest BCUT2D eigenvalue weighted by Crippen LogP contribution is -2.53. The Balaban J connectivity index is 1.00. The summed E-state index contributed by atoms with van der Waals surface area (Å²) < 4.78 is 26.0. The van der Waals surface area contributed by atoms with Gasteiger partial charge in [0, 0.05) is 54.4 Å². The van der Waals surface area contributed by atoms with Gasteiger partial charge in [-0.1, -0.05) is 133 Å². The third-order valence-electron chi connectivity index (χ3n) is 12.8. The number of furan rings is 1. The van der Waals surface area contributed by atoms with Gasteiger partial charge in [0.05, 0.1) is 33.4 Å². The largest absolute Gasteiger partial charge is 0.551 e. The Bertz CT molecular complexity index is 3710. The average Bonchev–Trinajstić information content (AvgIpc) is 3.97. The molecule has 0 bridgehead atoms. The summed E-state index contributed by atoms with van der Waals surface area (Å²) in [6.07, 6.45) is 0. The lowest BCUT2D eigenvalue weighted by molar-refractivity contribution is 0.478. The fourth-order valence-corrected chi connectivity index (χ4v) is 10.3. The zero-order valence-electron chi connectivity index (χ0n) is 32.1. The van der Waals surface area contributed by atoms with E-state index in [4.69, 9.17) is 13.8 Å². The Kier molecular flexibility index (Phi) is 6.31. The second-order valence-electron chi connectivity index (χ2n) is 15.9. The van der Waals surface area contributed by atoms with Crippen LogP contribution in [-0.2, 0) is 0 Å². The highest BCUT2D eigenvalue weighted by Gasteiger charge is 2.42. The molecule has 2 aliphatic rings. The summed E-state index contributed by atoms with van der Waals surface area (Å²) >= 11 is 0. The SMILES string of the molecule is c1ccc2c(c1)OB1c3cccc(-n4c5ccccc5c5ccccc54)c3Oc3cc(-c4cccc5c4oc4c(-n6c7ccccc7c7ccccc76)cccc45)cc-2c31. The monoisotopic (exact) mass is 766 g/mol. The third kappa shape index (κ3) is 4.21. The lowest BCUT2D eigenvalue weighted by atomic mass is 9.50. The van der Waals surface area contributed by atoms with Crippen molar-refractivity contribution in [3.8, 4) is 50.9 Å². The van der Waals surface area contributed by atoms with E-state index in [1.807, 2.05) is 6.07 Å². The average molecular weight is 767 g/mol. The van der Waals surface area contributed by atoms with E-state index in [2.05, 4.69) is 191 Å². The van der Waals surface area contributed by atoms with Crippen molar-refractivity contribution < 1.29 is 13.8 Å². The van der Waals surface area contributed by atoms with E-state index in [9.17, 15) is 0 Å². The van der Waals surface area contributed by atoms with Crippen LogP contribution in [0.15, 0.2) is 192 Å². The van der Waals surface area contributed by atoms with E-state index in [-0.39, 0.29) is 6.92 Å². The topological polar surface area (TPSA) is 41.5 Å². The number of ether oxygens (including phenoxy) is 1. The molecule has 0 saturated heterocycles. The molecule has 0 amide bonds. The standard InChI is InChI=1S/C54H31BN2O3/c1-6-23-43-34(14-1)35-15-2-7-24-44(35)56(43)47-27-12-21-40-39-20-11-19-33(52(39)59-53(40)47)32-30-41-38-18-5-10-29-49(38)60-55-42-22-13-28-48(54(42)58-50(31-32)51(41)55)57-45-25-8-3-16-36(45)37-17-4-9-26-46(37)57/h1-31H. The first-order chi connectivity index (χ1) is 29.8. The van der Waals surface area contributed by atoms with Crippen molar-refractivity contribution in [3.63, 3.8) is 0 Å². The molecule has 0 unspecified atom stereocenters. The summed E-state index contributed by atoms with van der Waals surface area (Å²) in [5.41, 5.74) is 14.4. The Labute approximate surface area is 344 Å². The van der Waals surface area contributed by atoms with Crippen molar-refractivity contribution in [2.24, 2.45) is 0 Å². The summed E-state index contributed by atoms with van der Waals surface area (Å²) in [7, 11) is 0. The Morgan fingerprint density at radius 3 is 1.58 bits per heavy atom. The predicted octanol–water partition coefficient (Wildman–Crippen LogP) is 12.7. The molecule has 278 valence electrons. The molecule has 3 aromatic heterocycles. The number of hydrogen-bond donors (Lipinski definition) is 0. The molecule has 60 heavy (non-hydrogen) atoms. The molecule has 0 atom stereocenters. The highest BCUT2D eigenvalue weighted by molar-refractivity contribution is 6.84. The van der Waals surface area contributed by atoms with Crippen LogP contribution in [0.1, 0.15) is 0 Å².